The summed E-state index contributed by atoms with van der Waals surface area (Å²) in [6.07, 6.45) is -2.10. The van der Waals surface area contributed by atoms with Crippen molar-refractivity contribution in [3.05, 3.63) is 24.3 Å². The fourth-order valence-corrected chi connectivity index (χ4v) is 1.97. The van der Waals surface area contributed by atoms with Gasteiger partial charge in [-0.1, -0.05) is 6.07 Å². The van der Waals surface area contributed by atoms with Crippen molar-refractivity contribution in [1.29, 1.82) is 0 Å². The van der Waals surface area contributed by atoms with Gasteiger partial charge in [-0.3, -0.25) is 9.69 Å². The van der Waals surface area contributed by atoms with Gasteiger partial charge in [0.15, 0.2) is 0 Å². The highest BCUT2D eigenvalue weighted by Gasteiger charge is 2.37. The smallest absolute Gasteiger partial charge is 0.410 e. The maximum Gasteiger partial charge on any atom is 0.573 e. The van der Waals surface area contributed by atoms with Crippen LogP contribution in [0.25, 0.3) is 0 Å². The number of rotatable bonds is 5. The van der Waals surface area contributed by atoms with Gasteiger partial charge in [-0.05, 0) is 19.1 Å². The quantitative estimate of drug-likeness (QED) is 0.802. The van der Waals surface area contributed by atoms with Crippen molar-refractivity contribution >= 4 is 17.7 Å². The van der Waals surface area contributed by atoms with E-state index in [1.165, 1.54) is 12.1 Å². The maximum absolute atomic E-state index is 12.3. The number of benzene rings is 1. The minimum absolute atomic E-state index is 0.101. The Balaban J connectivity index is 1.97. The summed E-state index contributed by atoms with van der Waals surface area (Å²) >= 11 is 0. The molecule has 0 aromatic heterocycles. The predicted molar refractivity (Wildman–Crippen MR) is 82.8 cm³/mol. The second-order valence-electron chi connectivity index (χ2n) is 5.29. The average Bonchev–Trinajstić information content (AvgIpc) is 2.92. The minimum atomic E-state index is -4.86. The molecule has 0 saturated carbocycles. The first-order valence-corrected chi connectivity index (χ1v) is 7.39. The molecular weight excluding hydrogens is 357 g/mol. The van der Waals surface area contributed by atoms with Crippen molar-refractivity contribution in [2.45, 2.75) is 19.6 Å². The Morgan fingerprint density at radius 2 is 2.27 bits per heavy atom. The Bertz CT molecular complexity index is 717. The molecule has 2 atom stereocenters. The third kappa shape index (κ3) is 5.29. The molecule has 140 valence electrons. The van der Waals surface area contributed by atoms with E-state index < -0.39 is 30.4 Å². The number of hydrogen-bond donors (Lipinski definition) is 1. The number of hydrogen-bond acceptors (Lipinski definition) is 5. The van der Waals surface area contributed by atoms with Gasteiger partial charge in [0.2, 0.25) is 0 Å². The van der Waals surface area contributed by atoms with Crippen molar-refractivity contribution in [1.82, 2.24) is 5.32 Å². The van der Waals surface area contributed by atoms with E-state index in [-0.39, 0.29) is 24.9 Å². The highest BCUT2D eigenvalue weighted by Crippen LogP contribution is 2.28. The van der Waals surface area contributed by atoms with E-state index >= 15 is 0 Å². The van der Waals surface area contributed by atoms with Crippen LogP contribution in [-0.4, -0.2) is 37.9 Å². The molecule has 0 bridgehead atoms. The molecule has 1 aliphatic heterocycles. The van der Waals surface area contributed by atoms with Crippen LogP contribution < -0.4 is 15.0 Å². The fourth-order valence-electron chi connectivity index (χ4n) is 1.97. The van der Waals surface area contributed by atoms with Crippen LogP contribution in [0.4, 0.5) is 23.7 Å². The van der Waals surface area contributed by atoms with Gasteiger partial charge in [-0.25, -0.2) is 4.79 Å². The number of terminal acetylenes is 1. The number of alkyl carbamates (subject to hydrolysis) is 1. The molecule has 2 unspecified atom stereocenters. The lowest BCUT2D eigenvalue weighted by atomic mass is 10.2. The summed E-state index contributed by atoms with van der Waals surface area (Å²) in [5, 5.41) is 2.37. The first kappa shape index (κ1) is 19.4. The van der Waals surface area contributed by atoms with Gasteiger partial charge in [0.1, 0.15) is 12.5 Å². The normalized spacial score (nSPS) is 18.2. The average molecular weight is 372 g/mol. The molecule has 0 radical (unpaired) electrons. The molecular formula is C16H15F3N2O5. The summed E-state index contributed by atoms with van der Waals surface area (Å²) in [6, 6.07) is 4.78. The molecule has 1 fully saturated rings. The van der Waals surface area contributed by atoms with Crippen molar-refractivity contribution in [3.63, 3.8) is 0 Å². The van der Waals surface area contributed by atoms with Crippen molar-refractivity contribution < 1.29 is 37.0 Å². The Labute approximate surface area is 147 Å². The number of halogens is 3. The Morgan fingerprint density at radius 1 is 1.54 bits per heavy atom. The summed E-state index contributed by atoms with van der Waals surface area (Å²) in [5.41, 5.74) is 0.101. The van der Waals surface area contributed by atoms with E-state index in [2.05, 4.69) is 16.0 Å². The van der Waals surface area contributed by atoms with Crippen molar-refractivity contribution in [2.75, 3.05) is 18.2 Å². The second kappa shape index (κ2) is 7.97. The highest BCUT2D eigenvalue weighted by atomic mass is 19.4. The summed E-state index contributed by atoms with van der Waals surface area (Å²) in [7, 11) is 0. The third-order valence-electron chi connectivity index (χ3n) is 3.24. The number of ether oxygens (including phenoxy) is 3. The first-order chi connectivity index (χ1) is 12.2. The van der Waals surface area contributed by atoms with Crippen molar-refractivity contribution in [2.24, 2.45) is 5.92 Å². The van der Waals surface area contributed by atoms with E-state index in [1.807, 2.05) is 0 Å². The van der Waals surface area contributed by atoms with Crippen LogP contribution in [0.3, 0.4) is 0 Å². The zero-order valence-corrected chi connectivity index (χ0v) is 13.6. The molecule has 26 heavy (non-hydrogen) atoms. The summed E-state index contributed by atoms with van der Waals surface area (Å²) < 4.78 is 50.6. The third-order valence-corrected chi connectivity index (χ3v) is 3.24. The largest absolute Gasteiger partial charge is 0.573 e. The fraction of sp³-hybridized carbons (Fsp3) is 0.375. The zero-order chi connectivity index (χ0) is 19.3. The number of anilines is 1. The van der Waals surface area contributed by atoms with Crippen molar-refractivity contribution in [3.8, 4) is 18.1 Å². The molecule has 1 aliphatic rings. The number of carbonyl (C=O) groups is 2. The van der Waals surface area contributed by atoms with Crippen LogP contribution in [0.1, 0.15) is 6.92 Å². The van der Waals surface area contributed by atoms with Gasteiger partial charge < -0.3 is 19.5 Å². The predicted octanol–water partition coefficient (Wildman–Crippen LogP) is 2.23. The number of nitrogens with zero attached hydrogens (tertiary/aromatic N) is 1. The van der Waals surface area contributed by atoms with Crippen LogP contribution in [-0.2, 0) is 14.3 Å². The lowest BCUT2D eigenvalue weighted by molar-refractivity contribution is -0.274. The molecule has 1 saturated heterocycles. The maximum atomic E-state index is 12.3. The zero-order valence-electron chi connectivity index (χ0n) is 13.6. The van der Waals surface area contributed by atoms with Gasteiger partial charge >= 0.3 is 12.5 Å². The molecule has 2 rings (SSSR count). The van der Waals surface area contributed by atoms with E-state index in [0.717, 1.165) is 17.0 Å². The lowest BCUT2D eigenvalue weighted by Crippen LogP contribution is -2.36. The van der Waals surface area contributed by atoms with E-state index in [1.54, 1.807) is 6.92 Å². The monoisotopic (exact) mass is 372 g/mol. The van der Waals surface area contributed by atoms with E-state index in [0.29, 0.717) is 0 Å². The second-order valence-corrected chi connectivity index (χ2v) is 5.29. The van der Waals surface area contributed by atoms with Gasteiger partial charge in [0.05, 0.1) is 0 Å². The Hall–Kier alpha value is -2.93. The topological polar surface area (TPSA) is 77.1 Å². The molecule has 10 heteroatoms. The Kier molecular flexibility index (Phi) is 5.94. The molecule has 1 aromatic carbocycles. The van der Waals surface area contributed by atoms with Gasteiger partial charge in [-0.2, -0.15) is 0 Å². The van der Waals surface area contributed by atoms with Crippen LogP contribution in [0.2, 0.25) is 0 Å². The number of amides is 2. The Morgan fingerprint density at radius 3 is 2.92 bits per heavy atom. The summed E-state index contributed by atoms with van der Waals surface area (Å²) in [6.45, 7) is 1.55. The molecule has 1 N–H and O–H groups in total. The number of alkyl halides is 3. The molecule has 1 aromatic rings. The molecule has 1 heterocycles. The van der Waals surface area contributed by atoms with Crippen LogP contribution >= 0.6 is 0 Å². The van der Waals surface area contributed by atoms with Gasteiger partial charge in [0, 0.05) is 24.2 Å². The number of carbonyl (C=O) groups excluding carboxylic acids is 2. The van der Waals surface area contributed by atoms with Crippen LogP contribution in [0.15, 0.2) is 24.3 Å². The summed E-state index contributed by atoms with van der Waals surface area (Å²) in [5.74, 6) is 0.944. The number of nitrogens with one attached hydrogen (secondary N) is 1. The van der Waals surface area contributed by atoms with Crippen LogP contribution in [0, 0.1) is 18.3 Å². The van der Waals surface area contributed by atoms with Gasteiger partial charge in [-0.15, -0.1) is 25.5 Å². The lowest BCUT2D eigenvalue weighted by Gasteiger charge is -2.16. The molecule has 0 spiro atoms. The van der Waals surface area contributed by atoms with E-state index in [4.69, 9.17) is 15.9 Å². The van der Waals surface area contributed by atoms with E-state index in [9.17, 15) is 22.8 Å². The molecule has 2 amide bonds. The standard InChI is InChI=1S/C16H15F3N2O5/c1-3-10(2)8-20-15(23)25-14-13(22)21(9-24-14)11-5-4-6-12(7-11)26-16(17,18)19/h1,4-7,10,14H,8-9H2,2H3,(H,20,23). The first-order valence-electron chi connectivity index (χ1n) is 7.39. The molecule has 0 aliphatic carbocycles. The minimum Gasteiger partial charge on any atom is -0.410 e. The SMILES string of the molecule is C#CC(C)CNC(=O)OC1OCN(c2cccc(OC(F)(F)F)c2)C1=O. The van der Waals surface area contributed by atoms with Gasteiger partial charge in [0.25, 0.3) is 12.2 Å². The summed E-state index contributed by atoms with van der Waals surface area (Å²) in [4.78, 5) is 24.9. The molecule has 7 nitrogen and oxygen atoms in total. The highest BCUT2D eigenvalue weighted by molar-refractivity contribution is 5.98. The van der Waals surface area contributed by atoms with Crippen LogP contribution in [0.5, 0.6) is 5.75 Å².